The van der Waals surface area contributed by atoms with Crippen LogP contribution in [0.15, 0.2) is 24.3 Å². The van der Waals surface area contributed by atoms with Crippen LogP contribution >= 0.6 is 11.3 Å². The zero-order valence-corrected chi connectivity index (χ0v) is 13.0. The summed E-state index contributed by atoms with van der Waals surface area (Å²) in [4.78, 5) is 6.87. The molecule has 1 heterocycles. The van der Waals surface area contributed by atoms with Gasteiger partial charge < -0.3 is 10.2 Å². The Morgan fingerprint density at radius 2 is 2.00 bits per heavy atom. The monoisotopic (exact) mass is 277 g/mol. The van der Waals surface area contributed by atoms with E-state index in [9.17, 15) is 0 Å². The van der Waals surface area contributed by atoms with E-state index in [4.69, 9.17) is 0 Å². The molecule has 2 aromatic rings. The van der Waals surface area contributed by atoms with Gasteiger partial charge in [-0.15, -0.1) is 11.3 Å². The van der Waals surface area contributed by atoms with Crippen LogP contribution in [-0.2, 0) is 6.54 Å². The summed E-state index contributed by atoms with van der Waals surface area (Å²) in [6.45, 7) is 7.52. The van der Waals surface area contributed by atoms with Crippen LogP contribution in [0.1, 0.15) is 18.9 Å². The summed E-state index contributed by atoms with van der Waals surface area (Å²) in [5, 5.41) is 4.70. The number of hydrogen-bond donors (Lipinski definition) is 1. The first kappa shape index (κ1) is 14.4. The maximum absolute atomic E-state index is 4.64. The molecule has 1 aromatic carbocycles. The van der Waals surface area contributed by atoms with Gasteiger partial charge in [0.15, 0.2) is 0 Å². The summed E-state index contributed by atoms with van der Waals surface area (Å²) in [5.41, 5.74) is 1.39. The van der Waals surface area contributed by atoms with E-state index in [0.29, 0.717) is 0 Å². The molecule has 0 aliphatic heterocycles. The molecule has 1 aromatic heterocycles. The Morgan fingerprint density at radius 1 is 1.26 bits per heavy atom. The third-order valence-electron chi connectivity index (χ3n) is 2.96. The molecule has 0 unspecified atom stereocenters. The molecule has 0 aliphatic rings. The van der Waals surface area contributed by atoms with Gasteiger partial charge >= 0.3 is 0 Å². The van der Waals surface area contributed by atoms with Crippen LogP contribution in [0, 0.1) is 5.41 Å². The summed E-state index contributed by atoms with van der Waals surface area (Å²) < 4.78 is 1.27. The molecule has 0 bridgehead atoms. The molecule has 0 saturated carbocycles. The first-order valence-electron chi connectivity index (χ1n) is 6.66. The summed E-state index contributed by atoms with van der Waals surface area (Å²) >= 11 is 1.78. The second-order valence-electron chi connectivity index (χ2n) is 6.08. The van der Waals surface area contributed by atoms with Gasteiger partial charge in [0.05, 0.1) is 10.2 Å². The Morgan fingerprint density at radius 3 is 2.68 bits per heavy atom. The van der Waals surface area contributed by atoms with E-state index in [2.05, 4.69) is 61.3 Å². The Hall–Kier alpha value is -0.970. The zero-order chi connectivity index (χ0) is 13.9. The van der Waals surface area contributed by atoms with E-state index in [-0.39, 0.29) is 5.41 Å². The lowest BCUT2D eigenvalue weighted by Crippen LogP contribution is -2.37. The largest absolute Gasteiger partial charge is 0.310 e. The third-order valence-corrected chi connectivity index (χ3v) is 4.00. The summed E-state index contributed by atoms with van der Waals surface area (Å²) in [7, 11) is 4.24. The van der Waals surface area contributed by atoms with Crippen molar-refractivity contribution in [2.24, 2.45) is 5.41 Å². The molecule has 2 rings (SSSR count). The molecule has 0 amide bonds. The normalized spacial score (nSPS) is 12.5. The average molecular weight is 277 g/mol. The van der Waals surface area contributed by atoms with E-state index < -0.39 is 0 Å². The minimum Gasteiger partial charge on any atom is -0.310 e. The standard InChI is InChI=1S/C15H23N3S/c1-15(2,11-18(3)4)10-16-9-14-17-12-7-5-6-8-13(12)19-14/h5-8,16H,9-11H2,1-4H3. The van der Waals surface area contributed by atoms with Gasteiger partial charge in [-0.1, -0.05) is 26.0 Å². The molecule has 4 heteroatoms. The number of para-hydroxylation sites is 1. The zero-order valence-electron chi connectivity index (χ0n) is 12.2. The molecular weight excluding hydrogens is 254 g/mol. The topological polar surface area (TPSA) is 28.2 Å². The Bertz CT molecular complexity index is 498. The number of benzene rings is 1. The fourth-order valence-corrected chi connectivity index (χ4v) is 3.35. The van der Waals surface area contributed by atoms with Crippen molar-refractivity contribution in [2.75, 3.05) is 27.2 Å². The van der Waals surface area contributed by atoms with Crippen molar-refractivity contribution in [1.29, 1.82) is 0 Å². The molecule has 0 aliphatic carbocycles. The maximum atomic E-state index is 4.64. The minimum atomic E-state index is 0.278. The molecule has 0 fully saturated rings. The van der Waals surface area contributed by atoms with Gasteiger partial charge in [-0.25, -0.2) is 4.98 Å². The Balaban J connectivity index is 1.88. The predicted octanol–water partition coefficient (Wildman–Crippen LogP) is 2.97. The van der Waals surface area contributed by atoms with E-state index in [1.807, 2.05) is 6.07 Å². The second kappa shape index (κ2) is 5.99. The third kappa shape index (κ3) is 4.27. The highest BCUT2D eigenvalue weighted by molar-refractivity contribution is 7.18. The van der Waals surface area contributed by atoms with Crippen molar-refractivity contribution < 1.29 is 0 Å². The van der Waals surface area contributed by atoms with E-state index in [1.54, 1.807) is 11.3 Å². The molecule has 104 valence electrons. The predicted molar refractivity (Wildman–Crippen MR) is 83.7 cm³/mol. The Kier molecular flexibility index (Phi) is 4.55. The van der Waals surface area contributed by atoms with Crippen LogP contribution in [0.5, 0.6) is 0 Å². The lowest BCUT2D eigenvalue weighted by atomic mass is 9.93. The molecule has 0 atom stereocenters. The van der Waals surface area contributed by atoms with Crippen molar-refractivity contribution >= 4 is 21.6 Å². The van der Waals surface area contributed by atoms with Crippen molar-refractivity contribution in [1.82, 2.24) is 15.2 Å². The molecule has 19 heavy (non-hydrogen) atoms. The van der Waals surface area contributed by atoms with Crippen LogP contribution in [0.3, 0.4) is 0 Å². The van der Waals surface area contributed by atoms with E-state index in [1.165, 1.54) is 9.71 Å². The highest BCUT2D eigenvalue weighted by atomic mass is 32.1. The summed E-state index contributed by atoms with van der Waals surface area (Å²) in [5.74, 6) is 0. The number of aromatic nitrogens is 1. The number of rotatable bonds is 6. The van der Waals surface area contributed by atoms with Crippen LogP contribution in [0.2, 0.25) is 0 Å². The van der Waals surface area contributed by atoms with Gasteiger partial charge in [0.25, 0.3) is 0 Å². The maximum Gasteiger partial charge on any atom is 0.108 e. The molecular formula is C15H23N3S. The quantitative estimate of drug-likeness (QED) is 0.880. The van der Waals surface area contributed by atoms with Gasteiger partial charge in [0, 0.05) is 19.6 Å². The van der Waals surface area contributed by atoms with Crippen molar-refractivity contribution in [2.45, 2.75) is 20.4 Å². The molecule has 0 saturated heterocycles. The lowest BCUT2D eigenvalue weighted by Gasteiger charge is -2.28. The number of nitrogens with zero attached hydrogens (tertiary/aromatic N) is 2. The molecule has 0 spiro atoms. The molecule has 1 N–H and O–H groups in total. The number of nitrogens with one attached hydrogen (secondary N) is 1. The highest BCUT2D eigenvalue weighted by Gasteiger charge is 2.18. The second-order valence-corrected chi connectivity index (χ2v) is 7.20. The number of fused-ring (bicyclic) bond motifs is 1. The SMILES string of the molecule is CN(C)CC(C)(C)CNCc1nc2ccccc2s1. The van der Waals surface area contributed by atoms with Crippen LogP contribution < -0.4 is 5.32 Å². The van der Waals surface area contributed by atoms with Crippen LogP contribution in [-0.4, -0.2) is 37.1 Å². The van der Waals surface area contributed by atoms with Gasteiger partial charge in [0.1, 0.15) is 5.01 Å². The van der Waals surface area contributed by atoms with Crippen LogP contribution in [0.25, 0.3) is 10.2 Å². The number of thiazole rings is 1. The summed E-state index contributed by atoms with van der Waals surface area (Å²) in [6, 6.07) is 8.31. The number of hydrogen-bond acceptors (Lipinski definition) is 4. The van der Waals surface area contributed by atoms with Gasteiger partial charge in [-0.3, -0.25) is 0 Å². The fraction of sp³-hybridized carbons (Fsp3) is 0.533. The lowest BCUT2D eigenvalue weighted by molar-refractivity contribution is 0.232. The molecule has 0 radical (unpaired) electrons. The van der Waals surface area contributed by atoms with Crippen LogP contribution in [0.4, 0.5) is 0 Å². The van der Waals surface area contributed by atoms with Crippen molar-refractivity contribution in [3.63, 3.8) is 0 Å². The first-order valence-corrected chi connectivity index (χ1v) is 7.48. The van der Waals surface area contributed by atoms with Gasteiger partial charge in [-0.2, -0.15) is 0 Å². The fourth-order valence-electron chi connectivity index (χ4n) is 2.42. The average Bonchev–Trinajstić information content (AvgIpc) is 2.69. The van der Waals surface area contributed by atoms with Gasteiger partial charge in [-0.05, 0) is 31.6 Å². The highest BCUT2D eigenvalue weighted by Crippen LogP contribution is 2.21. The van der Waals surface area contributed by atoms with E-state index in [0.717, 1.165) is 25.2 Å². The van der Waals surface area contributed by atoms with Gasteiger partial charge in [0.2, 0.25) is 0 Å². The van der Waals surface area contributed by atoms with Crippen molar-refractivity contribution in [3.05, 3.63) is 29.3 Å². The smallest absolute Gasteiger partial charge is 0.108 e. The van der Waals surface area contributed by atoms with Crippen molar-refractivity contribution in [3.8, 4) is 0 Å². The molecule has 3 nitrogen and oxygen atoms in total. The Labute approximate surface area is 119 Å². The minimum absolute atomic E-state index is 0.278. The first-order chi connectivity index (χ1) is 8.96. The summed E-state index contributed by atoms with van der Waals surface area (Å²) in [6.07, 6.45) is 0. The van der Waals surface area contributed by atoms with E-state index >= 15 is 0 Å².